The van der Waals surface area contributed by atoms with Gasteiger partial charge in [-0.15, -0.1) is 11.3 Å². The van der Waals surface area contributed by atoms with E-state index in [9.17, 15) is 9.59 Å². The number of esters is 1. The van der Waals surface area contributed by atoms with Gasteiger partial charge in [0.2, 0.25) is 0 Å². The van der Waals surface area contributed by atoms with Crippen molar-refractivity contribution in [1.29, 1.82) is 5.26 Å². The molecule has 1 aromatic carbocycles. The minimum atomic E-state index is -0.507. The highest BCUT2D eigenvalue weighted by Gasteiger charge is 2.19. The fraction of sp³-hybridized carbons (Fsp3) is 0.316. The number of nitriles is 1. The van der Waals surface area contributed by atoms with Crippen LogP contribution in [0, 0.1) is 32.1 Å². The highest BCUT2D eigenvalue weighted by atomic mass is 32.1. The van der Waals surface area contributed by atoms with Crippen LogP contribution in [-0.2, 0) is 9.53 Å². The molecule has 0 spiro atoms. The summed E-state index contributed by atoms with van der Waals surface area (Å²) in [6.07, 6.45) is 0.205. The highest BCUT2D eigenvalue weighted by Crippen LogP contribution is 2.20. The van der Waals surface area contributed by atoms with Crippen LogP contribution in [0.25, 0.3) is 0 Å². The molecule has 0 bridgehead atoms. The van der Waals surface area contributed by atoms with Crippen LogP contribution in [0.3, 0.4) is 0 Å². The van der Waals surface area contributed by atoms with Gasteiger partial charge in [0.05, 0.1) is 12.5 Å². The Balaban J connectivity index is 2.10. The Hall–Kier alpha value is -2.65. The molecule has 0 saturated heterocycles. The zero-order valence-electron chi connectivity index (χ0n) is 14.5. The number of hydrogen-bond donors (Lipinski definition) is 0. The van der Waals surface area contributed by atoms with Crippen molar-refractivity contribution in [3.8, 4) is 6.07 Å². The van der Waals surface area contributed by atoms with E-state index in [0.717, 1.165) is 16.0 Å². The Morgan fingerprint density at radius 3 is 2.40 bits per heavy atom. The minimum absolute atomic E-state index is 0.205. The Bertz CT molecular complexity index is 800. The largest absolute Gasteiger partial charge is 0.451 e. The SMILES string of the molecule is Cc1cc(C)cc(N(CCC#N)C(=O)COC(=O)c2ccc(C)s2)c1. The van der Waals surface area contributed by atoms with Crippen molar-refractivity contribution in [2.75, 3.05) is 18.1 Å². The van der Waals surface area contributed by atoms with Crippen LogP contribution >= 0.6 is 11.3 Å². The number of nitrogens with zero attached hydrogens (tertiary/aromatic N) is 2. The van der Waals surface area contributed by atoms with Crippen LogP contribution in [0.2, 0.25) is 0 Å². The van der Waals surface area contributed by atoms with Gasteiger partial charge in [-0.25, -0.2) is 4.79 Å². The van der Waals surface area contributed by atoms with Crippen molar-refractivity contribution in [1.82, 2.24) is 0 Å². The third kappa shape index (κ3) is 5.16. The lowest BCUT2D eigenvalue weighted by molar-refractivity contribution is -0.121. The number of anilines is 1. The first-order valence-corrected chi connectivity index (χ1v) is 8.71. The third-order valence-corrected chi connectivity index (χ3v) is 4.52. The standard InChI is InChI=1S/C19H20N2O3S/c1-13-9-14(2)11-16(10-13)21(8-4-7-20)18(22)12-24-19(23)17-6-5-15(3)25-17/h5-6,9-11H,4,8,12H2,1-3H3. The van der Waals surface area contributed by atoms with Crippen molar-refractivity contribution in [3.63, 3.8) is 0 Å². The second-order valence-electron chi connectivity index (χ2n) is 5.79. The van der Waals surface area contributed by atoms with E-state index >= 15 is 0 Å². The van der Waals surface area contributed by atoms with Gasteiger partial charge in [0.25, 0.3) is 5.91 Å². The number of hydrogen-bond acceptors (Lipinski definition) is 5. The molecule has 5 nitrogen and oxygen atoms in total. The predicted octanol–water partition coefficient (Wildman–Crippen LogP) is 3.78. The molecular formula is C19H20N2O3S. The molecule has 1 amide bonds. The summed E-state index contributed by atoms with van der Waals surface area (Å²) in [4.78, 5) is 27.5. The van der Waals surface area contributed by atoms with Crippen LogP contribution in [0.4, 0.5) is 5.69 Å². The average molecular weight is 356 g/mol. The fourth-order valence-corrected chi connectivity index (χ4v) is 3.25. The van der Waals surface area contributed by atoms with E-state index in [4.69, 9.17) is 10.00 Å². The zero-order valence-corrected chi connectivity index (χ0v) is 15.4. The Morgan fingerprint density at radius 1 is 1.16 bits per heavy atom. The van der Waals surface area contributed by atoms with Gasteiger partial charge in [-0.3, -0.25) is 4.79 Å². The molecule has 25 heavy (non-hydrogen) atoms. The molecule has 2 rings (SSSR count). The normalized spacial score (nSPS) is 10.2. The molecule has 0 atom stereocenters. The molecule has 0 aliphatic carbocycles. The first-order valence-electron chi connectivity index (χ1n) is 7.90. The monoisotopic (exact) mass is 356 g/mol. The molecule has 0 unspecified atom stereocenters. The molecule has 6 heteroatoms. The van der Waals surface area contributed by atoms with E-state index in [0.29, 0.717) is 10.6 Å². The van der Waals surface area contributed by atoms with E-state index < -0.39 is 5.97 Å². The first-order chi connectivity index (χ1) is 11.9. The molecule has 1 heterocycles. The smallest absolute Gasteiger partial charge is 0.348 e. The quantitative estimate of drug-likeness (QED) is 0.739. The van der Waals surface area contributed by atoms with E-state index in [1.165, 1.54) is 16.2 Å². The van der Waals surface area contributed by atoms with Gasteiger partial charge >= 0.3 is 5.97 Å². The fourth-order valence-electron chi connectivity index (χ4n) is 2.49. The lowest BCUT2D eigenvalue weighted by Crippen LogP contribution is -2.35. The zero-order chi connectivity index (χ0) is 18.4. The molecule has 0 radical (unpaired) electrons. The van der Waals surface area contributed by atoms with Crippen LogP contribution in [0.15, 0.2) is 30.3 Å². The van der Waals surface area contributed by atoms with Gasteiger partial charge in [0, 0.05) is 17.1 Å². The van der Waals surface area contributed by atoms with Crippen molar-refractivity contribution < 1.29 is 14.3 Å². The molecule has 0 fully saturated rings. The second kappa shape index (κ2) is 8.45. The summed E-state index contributed by atoms with van der Waals surface area (Å²) in [5.74, 6) is -0.853. The molecule has 130 valence electrons. The Morgan fingerprint density at radius 2 is 1.84 bits per heavy atom. The molecule has 0 N–H and O–H groups in total. The number of ether oxygens (including phenoxy) is 1. The number of aryl methyl sites for hydroxylation is 3. The highest BCUT2D eigenvalue weighted by molar-refractivity contribution is 7.13. The van der Waals surface area contributed by atoms with E-state index in [-0.39, 0.29) is 25.5 Å². The van der Waals surface area contributed by atoms with Crippen molar-refractivity contribution in [3.05, 3.63) is 51.2 Å². The van der Waals surface area contributed by atoms with E-state index in [2.05, 4.69) is 0 Å². The summed E-state index contributed by atoms with van der Waals surface area (Å²) in [6.45, 7) is 5.70. The molecule has 0 saturated carbocycles. The van der Waals surface area contributed by atoms with Crippen LogP contribution in [-0.4, -0.2) is 25.0 Å². The van der Waals surface area contributed by atoms with Crippen molar-refractivity contribution in [2.24, 2.45) is 0 Å². The summed E-state index contributed by atoms with van der Waals surface area (Å²) in [6, 6.07) is 11.3. The van der Waals surface area contributed by atoms with Crippen LogP contribution < -0.4 is 4.90 Å². The first kappa shape index (κ1) is 18.7. The number of benzene rings is 1. The number of rotatable bonds is 6. The molecule has 1 aromatic heterocycles. The molecule has 2 aromatic rings. The molecule has 0 aliphatic heterocycles. The number of carbonyl (C=O) groups excluding carboxylic acids is 2. The third-order valence-electron chi connectivity index (χ3n) is 3.53. The summed E-state index contributed by atoms with van der Waals surface area (Å²) in [7, 11) is 0. The molecular weight excluding hydrogens is 336 g/mol. The lowest BCUT2D eigenvalue weighted by atomic mass is 10.1. The summed E-state index contributed by atoms with van der Waals surface area (Å²) in [5, 5.41) is 8.85. The minimum Gasteiger partial charge on any atom is -0.451 e. The maximum absolute atomic E-state index is 12.6. The summed E-state index contributed by atoms with van der Waals surface area (Å²) in [5.41, 5.74) is 2.76. The van der Waals surface area contributed by atoms with Gasteiger partial charge in [-0.1, -0.05) is 6.07 Å². The van der Waals surface area contributed by atoms with Crippen molar-refractivity contribution >= 4 is 28.9 Å². The number of carbonyl (C=O) groups is 2. The topological polar surface area (TPSA) is 70.4 Å². The maximum atomic E-state index is 12.6. The summed E-state index contributed by atoms with van der Waals surface area (Å²) >= 11 is 1.33. The van der Waals surface area contributed by atoms with E-state index in [1.54, 1.807) is 6.07 Å². The van der Waals surface area contributed by atoms with Gasteiger partial charge in [-0.2, -0.15) is 5.26 Å². The predicted molar refractivity (Wildman–Crippen MR) is 97.8 cm³/mol. The second-order valence-corrected chi connectivity index (χ2v) is 7.07. The Kier molecular flexibility index (Phi) is 6.31. The maximum Gasteiger partial charge on any atom is 0.348 e. The Labute approximate surface area is 151 Å². The summed E-state index contributed by atoms with van der Waals surface area (Å²) < 4.78 is 5.14. The van der Waals surface area contributed by atoms with Gasteiger partial charge in [0.15, 0.2) is 6.61 Å². The molecule has 0 aliphatic rings. The lowest BCUT2D eigenvalue weighted by Gasteiger charge is -2.22. The number of amides is 1. The van der Waals surface area contributed by atoms with Gasteiger partial charge < -0.3 is 9.64 Å². The van der Waals surface area contributed by atoms with Gasteiger partial charge in [-0.05, 0) is 56.2 Å². The average Bonchev–Trinajstić information content (AvgIpc) is 2.98. The van der Waals surface area contributed by atoms with Crippen LogP contribution in [0.1, 0.15) is 32.1 Å². The number of thiophene rings is 1. The van der Waals surface area contributed by atoms with Crippen molar-refractivity contribution in [2.45, 2.75) is 27.2 Å². The van der Waals surface area contributed by atoms with Gasteiger partial charge in [0.1, 0.15) is 4.88 Å². The van der Waals surface area contributed by atoms with Crippen LogP contribution in [0.5, 0.6) is 0 Å². The van der Waals surface area contributed by atoms with E-state index in [1.807, 2.05) is 51.1 Å².